The number of hydrogen-bond donors (Lipinski definition) is 1. The van der Waals surface area contributed by atoms with Gasteiger partial charge in [0, 0.05) is 31.0 Å². The van der Waals surface area contributed by atoms with Crippen LogP contribution in [0.4, 0.5) is 24.9 Å². The number of halogens is 3. The molecule has 1 atom stereocenters. The predicted octanol–water partition coefficient (Wildman–Crippen LogP) is 4.49. The van der Waals surface area contributed by atoms with E-state index in [0.717, 1.165) is 16.8 Å². The fourth-order valence-corrected chi connectivity index (χ4v) is 3.01. The van der Waals surface area contributed by atoms with Gasteiger partial charge in [-0.1, -0.05) is 20.8 Å². The maximum absolute atomic E-state index is 13.1. The van der Waals surface area contributed by atoms with E-state index in [2.05, 4.69) is 41.0 Å². The van der Waals surface area contributed by atoms with Gasteiger partial charge in [0.1, 0.15) is 10.8 Å². The van der Waals surface area contributed by atoms with Gasteiger partial charge in [-0.15, -0.1) is 11.3 Å². The van der Waals surface area contributed by atoms with Crippen LogP contribution in [-0.2, 0) is 11.6 Å². The van der Waals surface area contributed by atoms with Crippen molar-refractivity contribution in [1.82, 2.24) is 15.0 Å². The Morgan fingerprint density at radius 3 is 2.20 bits per heavy atom. The van der Waals surface area contributed by atoms with Crippen LogP contribution in [0.3, 0.4) is 0 Å². The van der Waals surface area contributed by atoms with E-state index in [1.165, 1.54) is 16.2 Å². The van der Waals surface area contributed by atoms with Crippen molar-refractivity contribution >= 4 is 23.1 Å². The first-order valence-electron chi connectivity index (χ1n) is 7.74. The molecule has 2 heterocycles. The van der Waals surface area contributed by atoms with Gasteiger partial charge in [0.05, 0.1) is 11.7 Å². The summed E-state index contributed by atoms with van der Waals surface area (Å²) in [6, 6.07) is 0.622. The Kier molecular flexibility index (Phi) is 5.27. The van der Waals surface area contributed by atoms with Crippen molar-refractivity contribution in [2.45, 2.75) is 45.3 Å². The first-order chi connectivity index (χ1) is 11.4. The zero-order valence-corrected chi connectivity index (χ0v) is 15.9. The van der Waals surface area contributed by atoms with Crippen LogP contribution >= 0.6 is 11.3 Å². The van der Waals surface area contributed by atoms with Crippen molar-refractivity contribution in [1.29, 1.82) is 0 Å². The monoisotopic (exact) mass is 373 g/mol. The molecule has 0 bridgehead atoms. The zero-order chi connectivity index (χ0) is 19.0. The summed E-state index contributed by atoms with van der Waals surface area (Å²) in [5, 5.41) is 5.67. The van der Waals surface area contributed by atoms with Gasteiger partial charge in [0.15, 0.2) is 5.69 Å². The molecule has 0 amide bonds. The Labute approximate surface area is 149 Å². The summed E-state index contributed by atoms with van der Waals surface area (Å²) in [5.74, 6) is 0.116. The largest absolute Gasteiger partial charge is 0.433 e. The molecule has 25 heavy (non-hydrogen) atoms. The van der Waals surface area contributed by atoms with Gasteiger partial charge in [-0.3, -0.25) is 0 Å². The summed E-state index contributed by atoms with van der Waals surface area (Å²) in [4.78, 5) is 13.8. The summed E-state index contributed by atoms with van der Waals surface area (Å²) < 4.78 is 39.2. The zero-order valence-electron chi connectivity index (χ0n) is 15.1. The average molecular weight is 373 g/mol. The number of alkyl halides is 3. The Bertz CT molecular complexity index is 734. The highest BCUT2D eigenvalue weighted by molar-refractivity contribution is 7.09. The van der Waals surface area contributed by atoms with Crippen molar-refractivity contribution in [3.05, 3.63) is 27.8 Å². The van der Waals surface area contributed by atoms with Crippen LogP contribution in [0, 0.1) is 0 Å². The smallest absolute Gasteiger partial charge is 0.363 e. The summed E-state index contributed by atoms with van der Waals surface area (Å²) in [7, 11) is 3.26. The Balaban J connectivity index is 2.29. The number of nitrogens with one attached hydrogen (secondary N) is 1. The quantitative estimate of drug-likeness (QED) is 0.856. The predicted molar refractivity (Wildman–Crippen MR) is 94.2 cm³/mol. The van der Waals surface area contributed by atoms with Gasteiger partial charge in [0.25, 0.3) is 0 Å². The van der Waals surface area contributed by atoms with Crippen LogP contribution in [0.15, 0.2) is 11.4 Å². The minimum Gasteiger partial charge on any atom is -0.363 e. The third-order valence-electron chi connectivity index (χ3n) is 3.47. The normalized spacial score (nSPS) is 13.6. The molecule has 0 aliphatic carbocycles. The molecule has 0 fully saturated rings. The van der Waals surface area contributed by atoms with Gasteiger partial charge in [-0.2, -0.15) is 18.2 Å². The third-order valence-corrected chi connectivity index (χ3v) is 4.50. The van der Waals surface area contributed by atoms with E-state index < -0.39 is 11.9 Å². The molecule has 2 rings (SSSR count). The number of rotatable bonds is 4. The maximum atomic E-state index is 13.1. The number of hydrogen-bond acceptors (Lipinski definition) is 6. The van der Waals surface area contributed by atoms with Gasteiger partial charge in [-0.25, -0.2) is 9.97 Å². The molecule has 9 heteroatoms. The summed E-state index contributed by atoms with van der Waals surface area (Å²) in [6.07, 6.45) is -4.53. The number of nitrogens with zero attached hydrogens (tertiary/aromatic N) is 4. The molecule has 0 saturated carbocycles. The second-order valence-electron chi connectivity index (χ2n) is 7.01. The lowest BCUT2D eigenvalue weighted by atomic mass is 9.93. The first kappa shape index (κ1) is 19.4. The molecule has 2 aromatic heterocycles. The Morgan fingerprint density at radius 2 is 1.72 bits per heavy atom. The van der Waals surface area contributed by atoms with E-state index in [0.29, 0.717) is 0 Å². The van der Waals surface area contributed by atoms with E-state index in [1.54, 1.807) is 14.1 Å². The van der Waals surface area contributed by atoms with Crippen LogP contribution in [0.25, 0.3) is 0 Å². The van der Waals surface area contributed by atoms with Crippen LogP contribution in [-0.4, -0.2) is 29.0 Å². The van der Waals surface area contributed by atoms with Crippen molar-refractivity contribution in [3.8, 4) is 0 Å². The fourth-order valence-electron chi connectivity index (χ4n) is 1.96. The van der Waals surface area contributed by atoms with Gasteiger partial charge < -0.3 is 10.2 Å². The highest BCUT2D eigenvalue weighted by atomic mass is 32.1. The summed E-state index contributed by atoms with van der Waals surface area (Å²) >= 11 is 1.46. The summed E-state index contributed by atoms with van der Waals surface area (Å²) in [5.41, 5.74) is -0.116. The number of thiazole rings is 1. The van der Waals surface area contributed by atoms with Crippen LogP contribution in [0.5, 0.6) is 0 Å². The molecule has 5 nitrogen and oxygen atoms in total. The van der Waals surface area contributed by atoms with Gasteiger partial charge >= 0.3 is 6.18 Å². The topological polar surface area (TPSA) is 53.9 Å². The Morgan fingerprint density at radius 1 is 1.08 bits per heavy atom. The second kappa shape index (κ2) is 6.78. The molecule has 0 spiro atoms. The summed E-state index contributed by atoms with van der Waals surface area (Å²) in [6.45, 7) is 8.00. The first-order valence-corrected chi connectivity index (χ1v) is 8.62. The molecular formula is C16H22F3N5S. The molecule has 1 N–H and O–H groups in total. The highest BCUT2D eigenvalue weighted by Crippen LogP contribution is 2.32. The van der Waals surface area contributed by atoms with Gasteiger partial charge in [-0.05, 0) is 6.92 Å². The van der Waals surface area contributed by atoms with Crippen LogP contribution in [0.1, 0.15) is 50.1 Å². The molecule has 138 valence electrons. The third kappa shape index (κ3) is 4.81. The van der Waals surface area contributed by atoms with Crippen LogP contribution < -0.4 is 10.2 Å². The number of aromatic nitrogens is 3. The number of anilines is 2. The minimum atomic E-state index is -4.53. The van der Waals surface area contributed by atoms with E-state index in [9.17, 15) is 13.2 Å². The Hall–Kier alpha value is -1.90. The second-order valence-corrected chi connectivity index (χ2v) is 7.90. The molecule has 1 unspecified atom stereocenters. The SMILES string of the molecule is CC(Nc1nc(N(C)C)cc(C(F)(F)F)n1)c1nc(C(C)(C)C)cs1. The van der Waals surface area contributed by atoms with Crippen molar-refractivity contribution in [2.75, 3.05) is 24.3 Å². The molecule has 0 aliphatic rings. The minimum absolute atomic E-state index is 0.0708. The lowest BCUT2D eigenvalue weighted by Gasteiger charge is -2.18. The van der Waals surface area contributed by atoms with E-state index >= 15 is 0 Å². The van der Waals surface area contributed by atoms with E-state index in [1.807, 2.05) is 12.3 Å². The van der Waals surface area contributed by atoms with Crippen molar-refractivity contribution in [2.24, 2.45) is 0 Å². The lowest BCUT2D eigenvalue weighted by Crippen LogP contribution is -2.18. The van der Waals surface area contributed by atoms with Crippen molar-refractivity contribution in [3.63, 3.8) is 0 Å². The lowest BCUT2D eigenvalue weighted by molar-refractivity contribution is -0.141. The molecule has 2 aromatic rings. The highest BCUT2D eigenvalue weighted by Gasteiger charge is 2.34. The fraction of sp³-hybridized carbons (Fsp3) is 0.562. The maximum Gasteiger partial charge on any atom is 0.433 e. The molecular weight excluding hydrogens is 351 g/mol. The molecule has 0 aliphatic heterocycles. The van der Waals surface area contributed by atoms with Gasteiger partial charge in [0.2, 0.25) is 5.95 Å². The molecule has 0 radical (unpaired) electrons. The van der Waals surface area contributed by atoms with Crippen molar-refractivity contribution < 1.29 is 13.2 Å². The molecule has 0 aromatic carbocycles. The average Bonchev–Trinajstić information content (AvgIpc) is 2.95. The standard InChI is InChI=1S/C16H22F3N5S/c1-9(13-21-11(8-25-13)15(2,3)4)20-14-22-10(16(17,18)19)7-12(23-14)24(5)6/h7-9H,1-6H3,(H,20,22,23). The van der Waals surface area contributed by atoms with E-state index in [4.69, 9.17) is 0 Å². The van der Waals surface area contributed by atoms with E-state index in [-0.39, 0.29) is 23.2 Å². The molecule has 0 saturated heterocycles. The van der Waals surface area contributed by atoms with Crippen LogP contribution in [0.2, 0.25) is 0 Å².